The van der Waals surface area contributed by atoms with Crippen molar-refractivity contribution >= 4 is 0 Å². The molecule has 0 bridgehead atoms. The zero-order chi connectivity index (χ0) is 16.2. The minimum absolute atomic E-state index is 0.0885. The van der Waals surface area contributed by atoms with Crippen LogP contribution in [0.2, 0.25) is 0 Å². The van der Waals surface area contributed by atoms with Gasteiger partial charge in [-0.1, -0.05) is 0 Å². The second-order valence-corrected chi connectivity index (χ2v) is 6.63. The van der Waals surface area contributed by atoms with Crippen LogP contribution in [0.4, 0.5) is 0 Å². The molecule has 0 amide bonds. The monoisotopic (exact) mass is 320 g/mol. The van der Waals surface area contributed by atoms with E-state index < -0.39 is 17.7 Å². The average Bonchev–Trinajstić information content (AvgIpc) is 2.92. The molecule has 0 saturated carbocycles. The van der Waals surface area contributed by atoms with Gasteiger partial charge in [-0.2, -0.15) is 0 Å². The molecule has 0 aromatic heterocycles. The van der Waals surface area contributed by atoms with Gasteiger partial charge in [0, 0.05) is 0 Å². The van der Waals surface area contributed by atoms with E-state index in [9.17, 15) is 5.11 Å². The van der Waals surface area contributed by atoms with Crippen LogP contribution in [0.3, 0.4) is 0 Å². The number of aliphatic hydroxyl groups is 1. The van der Waals surface area contributed by atoms with Crippen molar-refractivity contribution in [1.82, 2.24) is 0 Å². The third kappa shape index (κ3) is 6.08. The number of ether oxygens (including phenoxy) is 6. The lowest BCUT2D eigenvalue weighted by atomic mass is 10.3. The SMILES string of the molecule is CC1(C)OCC(COCC(O)COCC2COC(C)(C)O2)O1. The summed E-state index contributed by atoms with van der Waals surface area (Å²) in [6, 6.07) is 0. The number of hydrogen-bond donors (Lipinski definition) is 1. The first-order chi connectivity index (χ1) is 10.3. The normalized spacial score (nSPS) is 31.5. The Bertz CT molecular complexity index is 313. The summed E-state index contributed by atoms with van der Waals surface area (Å²) in [5.74, 6) is -1.10. The lowest BCUT2D eigenvalue weighted by molar-refractivity contribution is -0.149. The lowest BCUT2D eigenvalue weighted by Crippen LogP contribution is -2.29. The first-order valence-corrected chi connectivity index (χ1v) is 7.73. The fourth-order valence-electron chi connectivity index (χ4n) is 2.41. The van der Waals surface area contributed by atoms with Crippen molar-refractivity contribution < 1.29 is 33.5 Å². The molecular formula is C15H28O7. The van der Waals surface area contributed by atoms with Crippen molar-refractivity contribution in [1.29, 1.82) is 0 Å². The maximum atomic E-state index is 9.81. The molecule has 130 valence electrons. The molecule has 2 unspecified atom stereocenters. The van der Waals surface area contributed by atoms with Gasteiger partial charge >= 0.3 is 0 Å². The molecule has 2 aliphatic heterocycles. The summed E-state index contributed by atoms with van der Waals surface area (Å²) in [7, 11) is 0. The molecule has 2 heterocycles. The molecular weight excluding hydrogens is 292 g/mol. The Morgan fingerprint density at radius 2 is 1.32 bits per heavy atom. The predicted molar refractivity (Wildman–Crippen MR) is 77.5 cm³/mol. The summed E-state index contributed by atoms with van der Waals surface area (Å²) in [5.41, 5.74) is 0. The first-order valence-electron chi connectivity index (χ1n) is 7.73. The van der Waals surface area contributed by atoms with E-state index >= 15 is 0 Å². The summed E-state index contributed by atoms with van der Waals surface area (Å²) < 4.78 is 33.0. The molecule has 2 saturated heterocycles. The van der Waals surface area contributed by atoms with Crippen LogP contribution in [0.1, 0.15) is 27.7 Å². The molecule has 7 heteroatoms. The summed E-state index contributed by atoms with van der Waals surface area (Å²) >= 11 is 0. The van der Waals surface area contributed by atoms with E-state index in [1.54, 1.807) is 0 Å². The van der Waals surface area contributed by atoms with E-state index in [2.05, 4.69) is 0 Å². The zero-order valence-corrected chi connectivity index (χ0v) is 13.9. The van der Waals surface area contributed by atoms with Crippen LogP contribution in [-0.4, -0.2) is 74.6 Å². The molecule has 0 spiro atoms. The van der Waals surface area contributed by atoms with Crippen LogP contribution in [0.5, 0.6) is 0 Å². The maximum absolute atomic E-state index is 9.81. The number of hydrogen-bond acceptors (Lipinski definition) is 7. The van der Waals surface area contributed by atoms with Gasteiger partial charge in [0.15, 0.2) is 11.6 Å². The van der Waals surface area contributed by atoms with E-state index in [0.717, 1.165) is 0 Å². The molecule has 0 aliphatic carbocycles. The summed E-state index contributed by atoms with van der Waals surface area (Å²) in [6.07, 6.45) is -0.852. The Balaban J connectivity index is 1.49. The van der Waals surface area contributed by atoms with Crippen molar-refractivity contribution in [3.63, 3.8) is 0 Å². The van der Waals surface area contributed by atoms with Crippen LogP contribution >= 0.6 is 0 Å². The highest BCUT2D eigenvalue weighted by atomic mass is 16.8. The van der Waals surface area contributed by atoms with Gasteiger partial charge in [-0.3, -0.25) is 0 Å². The molecule has 2 atom stereocenters. The van der Waals surface area contributed by atoms with Gasteiger partial charge in [0.2, 0.25) is 0 Å². The van der Waals surface area contributed by atoms with Crippen LogP contribution < -0.4 is 0 Å². The van der Waals surface area contributed by atoms with E-state index in [1.807, 2.05) is 27.7 Å². The topological polar surface area (TPSA) is 75.6 Å². The minimum atomic E-state index is -0.675. The number of rotatable bonds is 8. The third-order valence-corrected chi connectivity index (χ3v) is 3.36. The van der Waals surface area contributed by atoms with E-state index in [0.29, 0.717) is 26.4 Å². The Morgan fingerprint density at radius 1 is 0.909 bits per heavy atom. The summed E-state index contributed by atoms with van der Waals surface area (Å²) in [6.45, 7) is 9.68. The highest BCUT2D eigenvalue weighted by molar-refractivity contribution is 4.71. The Labute approximate surface area is 131 Å². The van der Waals surface area contributed by atoms with Crippen molar-refractivity contribution in [2.75, 3.05) is 39.6 Å². The summed E-state index contributed by atoms with van der Waals surface area (Å²) in [4.78, 5) is 0. The fourth-order valence-corrected chi connectivity index (χ4v) is 2.41. The Hall–Kier alpha value is -0.280. The van der Waals surface area contributed by atoms with Gasteiger partial charge in [-0.15, -0.1) is 0 Å². The van der Waals surface area contributed by atoms with Gasteiger partial charge in [0.25, 0.3) is 0 Å². The van der Waals surface area contributed by atoms with Gasteiger partial charge in [-0.05, 0) is 27.7 Å². The lowest BCUT2D eigenvalue weighted by Gasteiger charge is -2.18. The molecule has 22 heavy (non-hydrogen) atoms. The molecule has 0 aromatic rings. The van der Waals surface area contributed by atoms with E-state index in [-0.39, 0.29) is 25.4 Å². The van der Waals surface area contributed by atoms with Crippen molar-refractivity contribution in [2.45, 2.75) is 57.6 Å². The zero-order valence-electron chi connectivity index (χ0n) is 13.9. The minimum Gasteiger partial charge on any atom is -0.388 e. The van der Waals surface area contributed by atoms with Crippen LogP contribution in [-0.2, 0) is 28.4 Å². The largest absolute Gasteiger partial charge is 0.388 e. The molecule has 2 rings (SSSR count). The first kappa shape index (κ1) is 18.1. The predicted octanol–water partition coefficient (Wildman–Crippen LogP) is 0.683. The highest BCUT2D eigenvalue weighted by Gasteiger charge is 2.33. The van der Waals surface area contributed by atoms with Crippen LogP contribution in [0.15, 0.2) is 0 Å². The molecule has 0 aromatic carbocycles. The second kappa shape index (κ2) is 7.53. The quantitative estimate of drug-likeness (QED) is 0.705. The Kier molecular flexibility index (Phi) is 6.18. The molecule has 0 radical (unpaired) electrons. The van der Waals surface area contributed by atoms with Gasteiger partial charge in [-0.25, -0.2) is 0 Å². The van der Waals surface area contributed by atoms with E-state index in [1.165, 1.54) is 0 Å². The average molecular weight is 320 g/mol. The summed E-state index contributed by atoms with van der Waals surface area (Å²) in [5, 5.41) is 9.81. The standard InChI is InChI=1S/C15H28O7/c1-14(2)19-9-12(21-14)7-17-5-11(16)6-18-8-13-10-20-15(3,4)22-13/h11-13,16H,5-10H2,1-4H3. The fraction of sp³-hybridized carbons (Fsp3) is 1.00. The molecule has 2 aliphatic rings. The number of aliphatic hydroxyl groups excluding tert-OH is 1. The maximum Gasteiger partial charge on any atom is 0.163 e. The highest BCUT2D eigenvalue weighted by Crippen LogP contribution is 2.23. The van der Waals surface area contributed by atoms with Crippen LogP contribution in [0.25, 0.3) is 0 Å². The van der Waals surface area contributed by atoms with Crippen LogP contribution in [0, 0.1) is 0 Å². The smallest absolute Gasteiger partial charge is 0.163 e. The third-order valence-electron chi connectivity index (χ3n) is 3.36. The van der Waals surface area contributed by atoms with Crippen molar-refractivity contribution in [3.8, 4) is 0 Å². The van der Waals surface area contributed by atoms with Gasteiger partial charge < -0.3 is 33.5 Å². The molecule has 2 fully saturated rings. The second-order valence-electron chi connectivity index (χ2n) is 6.63. The molecule has 7 nitrogen and oxygen atoms in total. The van der Waals surface area contributed by atoms with Gasteiger partial charge in [0.1, 0.15) is 18.3 Å². The van der Waals surface area contributed by atoms with Crippen molar-refractivity contribution in [3.05, 3.63) is 0 Å². The van der Waals surface area contributed by atoms with Gasteiger partial charge in [0.05, 0.1) is 39.6 Å². The van der Waals surface area contributed by atoms with E-state index in [4.69, 9.17) is 28.4 Å². The van der Waals surface area contributed by atoms with Crippen molar-refractivity contribution in [2.24, 2.45) is 0 Å². The Morgan fingerprint density at radius 3 is 1.64 bits per heavy atom. The molecule has 1 N–H and O–H groups in total.